The summed E-state index contributed by atoms with van der Waals surface area (Å²) in [5.74, 6) is 0.0905. The molecule has 2 N–H and O–H groups in total. The van der Waals surface area contributed by atoms with Gasteiger partial charge in [-0.3, -0.25) is 9.48 Å². The number of nitrogens with one attached hydrogen (secondary N) is 1. The number of rotatable bonds is 5. The Labute approximate surface area is 122 Å². The standard InChI is InChI=1S/C14H20N4O3/c1-5-18-9(3)11(8(2)16-18)6-15-14(20)13-12(7-19)10(4)21-17-13/h19H,5-7H2,1-4H3,(H,15,20). The van der Waals surface area contributed by atoms with Crippen LogP contribution in [-0.4, -0.2) is 26.0 Å². The van der Waals surface area contributed by atoms with Gasteiger partial charge in [0.1, 0.15) is 5.76 Å². The molecule has 7 nitrogen and oxygen atoms in total. The number of aliphatic hydroxyl groups excluding tert-OH is 1. The normalized spacial score (nSPS) is 10.9. The average Bonchev–Trinajstić information content (AvgIpc) is 2.97. The first kappa shape index (κ1) is 15.2. The van der Waals surface area contributed by atoms with Gasteiger partial charge >= 0.3 is 0 Å². The molecule has 0 saturated carbocycles. The lowest BCUT2D eigenvalue weighted by Gasteiger charge is -2.05. The maximum Gasteiger partial charge on any atom is 0.274 e. The van der Waals surface area contributed by atoms with Gasteiger partial charge in [0.05, 0.1) is 17.9 Å². The second-order valence-electron chi connectivity index (χ2n) is 4.87. The molecule has 2 heterocycles. The van der Waals surface area contributed by atoms with E-state index in [-0.39, 0.29) is 18.2 Å². The molecule has 0 bridgehead atoms. The van der Waals surface area contributed by atoms with Gasteiger partial charge in [0.15, 0.2) is 5.69 Å². The molecule has 2 aromatic rings. The molecule has 1 amide bonds. The van der Waals surface area contributed by atoms with Crippen molar-refractivity contribution < 1.29 is 14.4 Å². The third-order valence-corrected chi connectivity index (χ3v) is 3.61. The van der Waals surface area contributed by atoms with Gasteiger partial charge < -0.3 is 14.9 Å². The molecule has 0 atom stereocenters. The Bertz CT molecular complexity index is 657. The van der Waals surface area contributed by atoms with Crippen LogP contribution in [0.5, 0.6) is 0 Å². The molecule has 0 spiro atoms. The van der Waals surface area contributed by atoms with Crippen LogP contribution in [0.3, 0.4) is 0 Å². The predicted octanol–water partition coefficient (Wildman–Crippen LogP) is 1.24. The lowest BCUT2D eigenvalue weighted by Crippen LogP contribution is -2.25. The highest BCUT2D eigenvalue weighted by Gasteiger charge is 2.20. The van der Waals surface area contributed by atoms with Crippen LogP contribution < -0.4 is 5.32 Å². The van der Waals surface area contributed by atoms with Crippen molar-refractivity contribution in [3.05, 3.63) is 34.0 Å². The summed E-state index contributed by atoms with van der Waals surface area (Å²) in [4.78, 5) is 12.1. The summed E-state index contributed by atoms with van der Waals surface area (Å²) in [5.41, 5.74) is 3.48. The first-order valence-electron chi connectivity index (χ1n) is 6.86. The fourth-order valence-corrected chi connectivity index (χ4v) is 2.31. The largest absolute Gasteiger partial charge is 0.391 e. The minimum atomic E-state index is -0.362. The minimum absolute atomic E-state index is 0.133. The Balaban J connectivity index is 2.13. The van der Waals surface area contributed by atoms with Gasteiger partial charge in [-0.2, -0.15) is 5.10 Å². The second kappa shape index (κ2) is 6.09. The number of hydrogen-bond donors (Lipinski definition) is 2. The van der Waals surface area contributed by atoms with Crippen LogP contribution in [0.4, 0.5) is 0 Å². The Hall–Kier alpha value is -2.15. The van der Waals surface area contributed by atoms with E-state index >= 15 is 0 Å². The topological polar surface area (TPSA) is 93.2 Å². The highest BCUT2D eigenvalue weighted by Crippen LogP contribution is 2.15. The first-order chi connectivity index (χ1) is 9.99. The Morgan fingerprint density at radius 1 is 1.33 bits per heavy atom. The van der Waals surface area contributed by atoms with E-state index in [4.69, 9.17) is 4.52 Å². The molecule has 0 saturated heterocycles. The number of aryl methyl sites for hydroxylation is 3. The fourth-order valence-electron chi connectivity index (χ4n) is 2.31. The number of aliphatic hydroxyl groups is 1. The van der Waals surface area contributed by atoms with Crippen LogP contribution in [0.25, 0.3) is 0 Å². The lowest BCUT2D eigenvalue weighted by molar-refractivity contribution is 0.0939. The van der Waals surface area contributed by atoms with Crippen LogP contribution in [-0.2, 0) is 19.7 Å². The fraction of sp³-hybridized carbons (Fsp3) is 0.500. The summed E-state index contributed by atoms with van der Waals surface area (Å²) in [6, 6.07) is 0. The molecular weight excluding hydrogens is 272 g/mol. The van der Waals surface area contributed by atoms with E-state index in [0.29, 0.717) is 17.9 Å². The summed E-state index contributed by atoms with van der Waals surface area (Å²) in [6.45, 7) is 8.46. The van der Waals surface area contributed by atoms with Crippen molar-refractivity contribution in [2.45, 2.75) is 47.4 Å². The summed E-state index contributed by atoms with van der Waals surface area (Å²) in [6.07, 6.45) is 0. The molecule has 0 aliphatic carbocycles. The maximum absolute atomic E-state index is 12.1. The van der Waals surface area contributed by atoms with Crippen LogP contribution >= 0.6 is 0 Å². The van der Waals surface area contributed by atoms with Gasteiger partial charge in [-0.15, -0.1) is 0 Å². The zero-order valence-corrected chi connectivity index (χ0v) is 12.7. The van der Waals surface area contributed by atoms with Gasteiger partial charge in [-0.05, 0) is 27.7 Å². The van der Waals surface area contributed by atoms with Crippen LogP contribution in [0.2, 0.25) is 0 Å². The van der Waals surface area contributed by atoms with E-state index in [1.165, 1.54) is 0 Å². The summed E-state index contributed by atoms with van der Waals surface area (Å²) in [5, 5.41) is 20.2. The number of nitrogens with zero attached hydrogens (tertiary/aromatic N) is 3. The molecule has 0 radical (unpaired) electrons. The van der Waals surface area contributed by atoms with E-state index < -0.39 is 0 Å². The highest BCUT2D eigenvalue weighted by atomic mass is 16.5. The smallest absolute Gasteiger partial charge is 0.274 e. The third-order valence-electron chi connectivity index (χ3n) is 3.61. The van der Waals surface area contributed by atoms with Crippen molar-refractivity contribution in [2.75, 3.05) is 0 Å². The predicted molar refractivity (Wildman–Crippen MR) is 75.7 cm³/mol. The molecule has 0 aliphatic heterocycles. The molecule has 0 fully saturated rings. The van der Waals surface area contributed by atoms with Crippen LogP contribution in [0.15, 0.2) is 4.52 Å². The summed E-state index contributed by atoms with van der Waals surface area (Å²) in [7, 11) is 0. The zero-order chi connectivity index (χ0) is 15.6. The van der Waals surface area contributed by atoms with Gasteiger partial charge in [0, 0.05) is 24.3 Å². The van der Waals surface area contributed by atoms with Crippen molar-refractivity contribution in [2.24, 2.45) is 0 Å². The lowest BCUT2D eigenvalue weighted by atomic mass is 10.1. The highest BCUT2D eigenvalue weighted by molar-refractivity contribution is 5.93. The van der Waals surface area contributed by atoms with Gasteiger partial charge in [0.25, 0.3) is 5.91 Å². The molecule has 2 aromatic heterocycles. The molecule has 114 valence electrons. The van der Waals surface area contributed by atoms with Crippen molar-refractivity contribution >= 4 is 5.91 Å². The third kappa shape index (κ3) is 2.82. The number of amides is 1. The molecular formula is C14H20N4O3. The van der Waals surface area contributed by atoms with E-state index in [1.54, 1.807) is 6.92 Å². The van der Waals surface area contributed by atoms with E-state index in [9.17, 15) is 9.90 Å². The first-order valence-corrected chi connectivity index (χ1v) is 6.86. The van der Waals surface area contributed by atoms with Crippen LogP contribution in [0.1, 0.15) is 45.7 Å². The van der Waals surface area contributed by atoms with E-state index in [0.717, 1.165) is 23.5 Å². The maximum atomic E-state index is 12.1. The number of carbonyl (C=O) groups is 1. The van der Waals surface area contributed by atoms with Crippen molar-refractivity contribution in [3.63, 3.8) is 0 Å². The molecule has 7 heteroatoms. The van der Waals surface area contributed by atoms with Crippen molar-refractivity contribution in [1.29, 1.82) is 0 Å². The van der Waals surface area contributed by atoms with E-state index in [2.05, 4.69) is 15.6 Å². The van der Waals surface area contributed by atoms with Crippen molar-refractivity contribution in [1.82, 2.24) is 20.3 Å². The Morgan fingerprint density at radius 2 is 2.05 bits per heavy atom. The zero-order valence-electron chi connectivity index (χ0n) is 12.7. The molecule has 21 heavy (non-hydrogen) atoms. The second-order valence-corrected chi connectivity index (χ2v) is 4.87. The van der Waals surface area contributed by atoms with Crippen molar-refractivity contribution in [3.8, 4) is 0 Å². The molecule has 2 rings (SSSR count). The molecule has 0 aromatic carbocycles. The number of hydrogen-bond acceptors (Lipinski definition) is 5. The number of aromatic nitrogens is 3. The van der Waals surface area contributed by atoms with Gasteiger partial charge in [-0.25, -0.2) is 0 Å². The van der Waals surface area contributed by atoms with Gasteiger partial charge in [-0.1, -0.05) is 5.16 Å². The number of carbonyl (C=O) groups excluding carboxylic acids is 1. The average molecular weight is 292 g/mol. The van der Waals surface area contributed by atoms with Crippen LogP contribution in [0, 0.1) is 20.8 Å². The van der Waals surface area contributed by atoms with Gasteiger partial charge in [0.2, 0.25) is 0 Å². The minimum Gasteiger partial charge on any atom is -0.391 e. The molecule has 0 unspecified atom stereocenters. The summed E-state index contributed by atoms with van der Waals surface area (Å²) >= 11 is 0. The molecule has 0 aliphatic rings. The SMILES string of the molecule is CCn1nc(C)c(CNC(=O)c2noc(C)c2CO)c1C. The monoisotopic (exact) mass is 292 g/mol. The van der Waals surface area contributed by atoms with E-state index in [1.807, 2.05) is 25.5 Å². The Morgan fingerprint density at radius 3 is 2.62 bits per heavy atom. The summed E-state index contributed by atoms with van der Waals surface area (Å²) < 4.78 is 6.84. The Kier molecular flexibility index (Phi) is 4.42. The quantitative estimate of drug-likeness (QED) is 0.864.